The number of primary amides is 1. The van der Waals surface area contributed by atoms with Gasteiger partial charge in [-0.25, -0.2) is 4.39 Å². The summed E-state index contributed by atoms with van der Waals surface area (Å²) < 4.78 is 12.6. The summed E-state index contributed by atoms with van der Waals surface area (Å²) in [4.78, 5) is 23.3. The molecule has 1 aromatic carbocycles. The van der Waals surface area contributed by atoms with Crippen molar-refractivity contribution in [1.29, 1.82) is 0 Å². The molecule has 2 amide bonds. The highest BCUT2D eigenvalue weighted by Gasteiger charge is 2.17. The number of carbonyl (C=O) groups excluding carboxylic acids is 2. The molecule has 1 rings (SSSR count). The van der Waals surface area contributed by atoms with E-state index in [2.05, 4.69) is 0 Å². The van der Waals surface area contributed by atoms with E-state index >= 15 is 0 Å². The molecule has 0 bridgehead atoms. The Morgan fingerprint density at radius 2 is 1.88 bits per heavy atom. The molecule has 0 aromatic heterocycles. The van der Waals surface area contributed by atoms with Crippen molar-refractivity contribution in [2.24, 2.45) is 5.73 Å². The van der Waals surface area contributed by atoms with Gasteiger partial charge in [0.1, 0.15) is 5.82 Å². The van der Waals surface area contributed by atoms with Crippen molar-refractivity contribution < 1.29 is 14.0 Å². The van der Waals surface area contributed by atoms with Crippen LogP contribution >= 0.6 is 0 Å². The molecule has 4 nitrogen and oxygen atoms in total. The first-order valence-corrected chi connectivity index (χ1v) is 4.87. The SMILES string of the molecule is CCN(Cc1ccc(F)cc1)C(=O)C(N)=O. The molecular formula is C11H13FN2O2. The van der Waals surface area contributed by atoms with Gasteiger partial charge < -0.3 is 10.6 Å². The molecule has 5 heteroatoms. The maximum Gasteiger partial charge on any atom is 0.311 e. The number of benzene rings is 1. The molecule has 0 aliphatic carbocycles. The number of halogens is 1. The van der Waals surface area contributed by atoms with Crippen LogP contribution in [0.2, 0.25) is 0 Å². The van der Waals surface area contributed by atoms with Crippen molar-refractivity contribution in [3.8, 4) is 0 Å². The van der Waals surface area contributed by atoms with Gasteiger partial charge in [-0.3, -0.25) is 9.59 Å². The Morgan fingerprint density at radius 1 is 1.31 bits per heavy atom. The lowest BCUT2D eigenvalue weighted by molar-refractivity contribution is -0.144. The Kier molecular flexibility index (Phi) is 3.99. The number of carbonyl (C=O) groups is 2. The number of nitrogens with two attached hydrogens (primary N) is 1. The van der Waals surface area contributed by atoms with Crippen molar-refractivity contribution in [3.05, 3.63) is 35.6 Å². The Labute approximate surface area is 92.8 Å². The number of hydrogen-bond acceptors (Lipinski definition) is 2. The number of likely N-dealkylation sites (N-methyl/N-ethyl adjacent to an activating group) is 1. The van der Waals surface area contributed by atoms with E-state index in [0.717, 1.165) is 5.56 Å². The topological polar surface area (TPSA) is 63.4 Å². The highest BCUT2D eigenvalue weighted by atomic mass is 19.1. The average molecular weight is 224 g/mol. The number of nitrogens with zero attached hydrogens (tertiary/aromatic N) is 1. The van der Waals surface area contributed by atoms with Gasteiger partial charge in [-0.1, -0.05) is 12.1 Å². The fourth-order valence-electron chi connectivity index (χ4n) is 1.29. The second-order valence-electron chi connectivity index (χ2n) is 3.31. The summed E-state index contributed by atoms with van der Waals surface area (Å²) in [5, 5.41) is 0. The third-order valence-electron chi connectivity index (χ3n) is 2.17. The predicted molar refractivity (Wildman–Crippen MR) is 56.7 cm³/mol. The quantitative estimate of drug-likeness (QED) is 0.766. The summed E-state index contributed by atoms with van der Waals surface area (Å²) in [5.41, 5.74) is 5.65. The molecule has 0 radical (unpaired) electrons. The standard InChI is InChI=1S/C11H13FN2O2/c1-2-14(11(16)10(13)15)7-8-3-5-9(12)6-4-8/h3-6H,2,7H2,1H3,(H2,13,15). The second-order valence-corrected chi connectivity index (χ2v) is 3.31. The van der Waals surface area contributed by atoms with E-state index in [9.17, 15) is 14.0 Å². The summed E-state index contributed by atoms with van der Waals surface area (Å²) in [6.45, 7) is 2.36. The molecule has 2 N–H and O–H groups in total. The first-order chi connectivity index (χ1) is 7.54. The van der Waals surface area contributed by atoms with Crippen LogP contribution in [0.25, 0.3) is 0 Å². The maximum atomic E-state index is 12.6. The Hall–Kier alpha value is -1.91. The maximum absolute atomic E-state index is 12.6. The van der Waals surface area contributed by atoms with Crippen molar-refractivity contribution >= 4 is 11.8 Å². The van der Waals surface area contributed by atoms with Crippen molar-refractivity contribution in [1.82, 2.24) is 4.90 Å². The Bertz CT molecular complexity index is 389. The predicted octanol–water partition coefficient (Wildman–Crippen LogP) is 0.660. The van der Waals surface area contributed by atoms with Crippen molar-refractivity contribution in [2.45, 2.75) is 13.5 Å². The highest BCUT2D eigenvalue weighted by Crippen LogP contribution is 2.06. The van der Waals surface area contributed by atoms with Crippen LogP contribution < -0.4 is 5.73 Å². The second kappa shape index (κ2) is 5.25. The lowest BCUT2D eigenvalue weighted by Crippen LogP contribution is -2.39. The highest BCUT2D eigenvalue weighted by molar-refractivity contribution is 6.34. The minimum absolute atomic E-state index is 0.249. The van der Waals surface area contributed by atoms with Crippen LogP contribution in [0, 0.1) is 5.82 Å². The van der Waals surface area contributed by atoms with E-state index in [0.29, 0.717) is 6.54 Å². The molecule has 0 heterocycles. The minimum Gasteiger partial charge on any atom is -0.361 e. The lowest BCUT2D eigenvalue weighted by atomic mass is 10.2. The van der Waals surface area contributed by atoms with E-state index in [1.807, 2.05) is 0 Å². The van der Waals surface area contributed by atoms with Crippen LogP contribution in [0.5, 0.6) is 0 Å². The first-order valence-electron chi connectivity index (χ1n) is 4.87. The molecule has 0 aliphatic rings. The van der Waals surface area contributed by atoms with Gasteiger partial charge in [0.2, 0.25) is 0 Å². The third kappa shape index (κ3) is 3.05. The largest absolute Gasteiger partial charge is 0.361 e. The smallest absolute Gasteiger partial charge is 0.311 e. The molecule has 0 spiro atoms. The van der Waals surface area contributed by atoms with Crippen LogP contribution in [0.1, 0.15) is 12.5 Å². The van der Waals surface area contributed by atoms with Gasteiger partial charge in [0.05, 0.1) is 0 Å². The molecule has 0 fully saturated rings. The number of rotatable bonds is 3. The summed E-state index contributed by atoms with van der Waals surface area (Å²) in [7, 11) is 0. The molecule has 16 heavy (non-hydrogen) atoms. The van der Waals surface area contributed by atoms with Crippen LogP contribution in [0.15, 0.2) is 24.3 Å². The molecule has 0 saturated carbocycles. The van der Waals surface area contributed by atoms with Gasteiger partial charge in [0, 0.05) is 13.1 Å². The van der Waals surface area contributed by atoms with E-state index in [1.165, 1.54) is 17.0 Å². The van der Waals surface area contributed by atoms with Crippen LogP contribution in [0.3, 0.4) is 0 Å². The zero-order valence-corrected chi connectivity index (χ0v) is 8.94. The van der Waals surface area contributed by atoms with E-state index < -0.39 is 11.8 Å². The lowest BCUT2D eigenvalue weighted by Gasteiger charge is -2.18. The summed E-state index contributed by atoms with van der Waals surface area (Å²) in [6.07, 6.45) is 0. The zero-order chi connectivity index (χ0) is 12.1. The molecule has 1 aromatic rings. The average Bonchev–Trinajstić information content (AvgIpc) is 2.27. The van der Waals surface area contributed by atoms with Gasteiger partial charge >= 0.3 is 11.8 Å². The normalized spacial score (nSPS) is 9.88. The Balaban J connectivity index is 2.74. The van der Waals surface area contributed by atoms with Gasteiger partial charge in [-0.15, -0.1) is 0 Å². The van der Waals surface area contributed by atoms with Crippen molar-refractivity contribution in [2.75, 3.05) is 6.54 Å². The van der Waals surface area contributed by atoms with Crippen LogP contribution in [-0.4, -0.2) is 23.3 Å². The molecule has 0 atom stereocenters. The zero-order valence-electron chi connectivity index (χ0n) is 8.94. The van der Waals surface area contributed by atoms with Crippen LogP contribution in [0.4, 0.5) is 4.39 Å². The molecule has 0 unspecified atom stereocenters. The molecule has 0 saturated heterocycles. The molecular weight excluding hydrogens is 211 g/mol. The first kappa shape index (κ1) is 12.2. The van der Waals surface area contributed by atoms with Gasteiger partial charge in [-0.05, 0) is 24.6 Å². The monoisotopic (exact) mass is 224 g/mol. The van der Waals surface area contributed by atoms with E-state index in [4.69, 9.17) is 5.73 Å². The van der Waals surface area contributed by atoms with Crippen molar-refractivity contribution in [3.63, 3.8) is 0 Å². The summed E-state index contributed by atoms with van der Waals surface area (Å²) in [5.74, 6) is -2.05. The van der Waals surface area contributed by atoms with Gasteiger partial charge in [0.25, 0.3) is 0 Å². The fourth-order valence-corrected chi connectivity index (χ4v) is 1.29. The number of amides is 2. The molecule has 0 aliphatic heterocycles. The fraction of sp³-hybridized carbons (Fsp3) is 0.273. The van der Waals surface area contributed by atoms with Gasteiger partial charge in [0.15, 0.2) is 0 Å². The van der Waals surface area contributed by atoms with E-state index in [1.54, 1.807) is 19.1 Å². The van der Waals surface area contributed by atoms with E-state index in [-0.39, 0.29) is 12.4 Å². The summed E-state index contributed by atoms with van der Waals surface area (Å²) in [6, 6.07) is 5.73. The minimum atomic E-state index is -0.982. The van der Waals surface area contributed by atoms with Crippen LogP contribution in [-0.2, 0) is 16.1 Å². The third-order valence-corrected chi connectivity index (χ3v) is 2.17. The number of hydrogen-bond donors (Lipinski definition) is 1. The molecule has 86 valence electrons. The van der Waals surface area contributed by atoms with Gasteiger partial charge in [-0.2, -0.15) is 0 Å². The Morgan fingerprint density at radius 3 is 2.31 bits per heavy atom. The summed E-state index contributed by atoms with van der Waals surface area (Å²) >= 11 is 0.